The molecule has 0 aliphatic carbocycles. The summed E-state index contributed by atoms with van der Waals surface area (Å²) in [6.45, 7) is 0.419. The predicted octanol–water partition coefficient (Wildman–Crippen LogP) is 1.75. The van der Waals surface area contributed by atoms with E-state index in [1.54, 1.807) is 6.07 Å². The van der Waals surface area contributed by atoms with E-state index in [0.29, 0.717) is 29.0 Å². The molecular weight excluding hydrogens is 272 g/mol. The fourth-order valence-corrected chi connectivity index (χ4v) is 2.81. The molecule has 0 aliphatic rings. The maximum atomic E-state index is 12.2. The zero-order valence-electron chi connectivity index (χ0n) is 9.12. The van der Waals surface area contributed by atoms with E-state index in [0.717, 1.165) is 4.83 Å². The lowest BCUT2D eigenvalue weighted by molar-refractivity contribution is 0.369. The molecule has 0 unspecified atom stereocenters. The summed E-state index contributed by atoms with van der Waals surface area (Å²) >= 11 is 6.64. The molecule has 0 saturated heterocycles. The lowest BCUT2D eigenvalue weighted by Crippen LogP contribution is -2.22. The van der Waals surface area contributed by atoms with Gasteiger partial charge in [0.2, 0.25) is 5.89 Å². The van der Waals surface area contributed by atoms with Crippen LogP contribution in [-0.2, 0) is 13.0 Å². The Bertz CT molecular complexity index is 784. The van der Waals surface area contributed by atoms with Gasteiger partial charge in [-0.15, -0.1) is 11.3 Å². The molecule has 0 radical (unpaired) electrons. The molecule has 18 heavy (non-hydrogen) atoms. The van der Waals surface area contributed by atoms with Crippen LogP contribution in [0, 0.1) is 4.77 Å². The van der Waals surface area contributed by atoms with Crippen molar-refractivity contribution in [1.82, 2.24) is 19.7 Å². The summed E-state index contributed by atoms with van der Waals surface area (Å²) in [4.78, 5) is 19.9. The Morgan fingerprint density at radius 2 is 2.44 bits per heavy atom. The highest BCUT2D eigenvalue weighted by Gasteiger charge is 2.07. The number of nitrogens with one attached hydrogen (secondary N) is 1. The first-order valence-electron chi connectivity index (χ1n) is 5.21. The van der Waals surface area contributed by atoms with Gasteiger partial charge in [0.25, 0.3) is 5.56 Å². The van der Waals surface area contributed by atoms with Gasteiger partial charge in [-0.25, -0.2) is 0 Å². The standard InChI is InChI=1S/C10H8N4O2S2/c15-9-6-2-4-18-8(6)13-10(17)14(9)3-1-7-11-5-12-16-7/h2,4-5H,1,3H2,(H,13,17). The number of fused-ring (bicyclic) bond motifs is 1. The monoisotopic (exact) mass is 280 g/mol. The Morgan fingerprint density at radius 1 is 1.56 bits per heavy atom. The molecule has 6 nitrogen and oxygen atoms in total. The fraction of sp³-hybridized carbons (Fsp3) is 0.200. The van der Waals surface area contributed by atoms with Crippen molar-refractivity contribution in [3.8, 4) is 0 Å². The number of nitrogens with zero attached hydrogens (tertiary/aromatic N) is 3. The van der Waals surface area contributed by atoms with Crippen molar-refractivity contribution in [2.45, 2.75) is 13.0 Å². The average Bonchev–Trinajstić information content (AvgIpc) is 2.98. The average molecular weight is 280 g/mol. The third kappa shape index (κ3) is 1.89. The maximum Gasteiger partial charge on any atom is 0.263 e. The van der Waals surface area contributed by atoms with Crippen LogP contribution >= 0.6 is 23.6 Å². The zero-order valence-corrected chi connectivity index (χ0v) is 10.8. The first kappa shape index (κ1) is 11.3. The Morgan fingerprint density at radius 3 is 3.22 bits per heavy atom. The molecule has 8 heteroatoms. The zero-order chi connectivity index (χ0) is 12.5. The van der Waals surface area contributed by atoms with Crippen molar-refractivity contribution in [3.63, 3.8) is 0 Å². The Kier molecular flexibility index (Phi) is 2.80. The van der Waals surface area contributed by atoms with Gasteiger partial charge in [0.1, 0.15) is 4.83 Å². The summed E-state index contributed by atoms with van der Waals surface area (Å²) in [5.74, 6) is 0.488. The fourth-order valence-electron chi connectivity index (χ4n) is 1.69. The Hall–Kier alpha value is -1.80. The minimum atomic E-state index is -0.0884. The molecular formula is C10H8N4O2S2. The number of aryl methyl sites for hydroxylation is 1. The summed E-state index contributed by atoms with van der Waals surface area (Å²) in [6, 6.07) is 1.79. The second-order valence-corrected chi connectivity index (χ2v) is 4.94. The molecule has 92 valence electrons. The van der Waals surface area contributed by atoms with E-state index < -0.39 is 0 Å². The summed E-state index contributed by atoms with van der Waals surface area (Å²) in [5, 5.41) is 6.03. The summed E-state index contributed by atoms with van der Waals surface area (Å²) in [5.41, 5.74) is -0.0884. The summed E-state index contributed by atoms with van der Waals surface area (Å²) < 4.78 is 6.81. The van der Waals surface area contributed by atoms with Crippen LogP contribution in [0.3, 0.4) is 0 Å². The van der Waals surface area contributed by atoms with E-state index in [2.05, 4.69) is 15.1 Å². The number of H-pyrrole nitrogens is 1. The van der Waals surface area contributed by atoms with Crippen LogP contribution in [0.2, 0.25) is 0 Å². The molecule has 0 atom stereocenters. The van der Waals surface area contributed by atoms with E-state index in [4.69, 9.17) is 16.7 Å². The molecule has 0 amide bonds. The number of hydrogen-bond donors (Lipinski definition) is 1. The smallest absolute Gasteiger partial charge is 0.263 e. The van der Waals surface area contributed by atoms with Gasteiger partial charge < -0.3 is 9.51 Å². The highest BCUT2D eigenvalue weighted by Crippen LogP contribution is 2.14. The van der Waals surface area contributed by atoms with Gasteiger partial charge in [-0.1, -0.05) is 5.16 Å². The Balaban J connectivity index is 2.01. The second-order valence-electron chi connectivity index (χ2n) is 3.64. The second kappa shape index (κ2) is 4.46. The van der Waals surface area contributed by atoms with E-state index >= 15 is 0 Å². The minimum Gasteiger partial charge on any atom is -0.340 e. The van der Waals surface area contributed by atoms with Gasteiger partial charge in [0.15, 0.2) is 11.1 Å². The topological polar surface area (TPSA) is 76.7 Å². The van der Waals surface area contributed by atoms with Gasteiger partial charge in [-0.05, 0) is 23.7 Å². The molecule has 3 rings (SSSR count). The molecule has 3 aromatic heterocycles. The lowest BCUT2D eigenvalue weighted by atomic mass is 10.4. The minimum absolute atomic E-state index is 0.0884. The van der Waals surface area contributed by atoms with Crippen LogP contribution in [0.1, 0.15) is 5.89 Å². The largest absolute Gasteiger partial charge is 0.340 e. The highest BCUT2D eigenvalue weighted by atomic mass is 32.1. The van der Waals surface area contributed by atoms with Crippen LogP contribution in [0.4, 0.5) is 0 Å². The summed E-state index contributed by atoms with van der Waals surface area (Å²) in [6.07, 6.45) is 1.81. The molecule has 0 bridgehead atoms. The normalized spacial score (nSPS) is 11.1. The predicted molar refractivity (Wildman–Crippen MR) is 69.3 cm³/mol. The third-order valence-electron chi connectivity index (χ3n) is 2.56. The van der Waals surface area contributed by atoms with Gasteiger partial charge in [0.05, 0.1) is 5.39 Å². The van der Waals surface area contributed by atoms with Crippen LogP contribution in [0.25, 0.3) is 10.2 Å². The van der Waals surface area contributed by atoms with Crippen LogP contribution in [0.5, 0.6) is 0 Å². The first-order valence-corrected chi connectivity index (χ1v) is 6.50. The molecule has 3 heterocycles. The van der Waals surface area contributed by atoms with Crippen molar-refractivity contribution >= 4 is 33.8 Å². The van der Waals surface area contributed by atoms with E-state index in [9.17, 15) is 4.79 Å². The Labute approximate surface area is 110 Å². The molecule has 0 aromatic carbocycles. The lowest BCUT2D eigenvalue weighted by Gasteiger charge is -2.04. The SMILES string of the molecule is O=c1c2ccsc2[nH]c(=S)n1CCc1ncno1. The van der Waals surface area contributed by atoms with Crippen molar-refractivity contribution in [3.05, 3.63) is 38.8 Å². The van der Waals surface area contributed by atoms with Gasteiger partial charge in [0, 0.05) is 13.0 Å². The molecule has 0 spiro atoms. The number of hydrogen-bond acceptors (Lipinski definition) is 6. The van der Waals surface area contributed by atoms with Crippen LogP contribution in [0.15, 0.2) is 27.1 Å². The highest BCUT2D eigenvalue weighted by molar-refractivity contribution is 7.71. The van der Waals surface area contributed by atoms with Crippen molar-refractivity contribution < 1.29 is 4.52 Å². The first-order chi connectivity index (χ1) is 8.75. The van der Waals surface area contributed by atoms with Crippen molar-refractivity contribution in [1.29, 1.82) is 0 Å². The van der Waals surface area contributed by atoms with Gasteiger partial charge in [-0.3, -0.25) is 9.36 Å². The van der Waals surface area contributed by atoms with Crippen molar-refractivity contribution in [2.75, 3.05) is 0 Å². The number of thiophene rings is 1. The van der Waals surface area contributed by atoms with Crippen LogP contribution < -0.4 is 5.56 Å². The van der Waals surface area contributed by atoms with Gasteiger partial charge in [-0.2, -0.15) is 4.98 Å². The van der Waals surface area contributed by atoms with Gasteiger partial charge >= 0.3 is 0 Å². The third-order valence-corrected chi connectivity index (χ3v) is 3.71. The van der Waals surface area contributed by atoms with Crippen LogP contribution in [-0.4, -0.2) is 19.7 Å². The number of aromatic amines is 1. The molecule has 0 saturated carbocycles. The molecule has 1 N–H and O–H groups in total. The summed E-state index contributed by atoms with van der Waals surface area (Å²) in [7, 11) is 0. The number of rotatable bonds is 3. The van der Waals surface area contributed by atoms with Crippen molar-refractivity contribution in [2.24, 2.45) is 0 Å². The number of aromatic nitrogens is 4. The van der Waals surface area contributed by atoms with E-state index in [1.165, 1.54) is 22.2 Å². The van der Waals surface area contributed by atoms with E-state index in [-0.39, 0.29) is 5.56 Å². The molecule has 0 aliphatic heterocycles. The molecule has 0 fully saturated rings. The maximum absolute atomic E-state index is 12.2. The molecule has 3 aromatic rings. The van der Waals surface area contributed by atoms with E-state index in [1.807, 2.05) is 5.38 Å². The quantitative estimate of drug-likeness (QED) is 0.740.